The summed E-state index contributed by atoms with van der Waals surface area (Å²) in [5.74, 6) is -1.10. The summed E-state index contributed by atoms with van der Waals surface area (Å²) in [4.78, 5) is 14.2. The molecule has 1 aliphatic carbocycles. The molecule has 4 rings (SSSR count). The van der Waals surface area contributed by atoms with Crippen LogP contribution in [0.4, 0.5) is 15.8 Å². The Bertz CT molecular complexity index is 841. The molecule has 2 aliphatic rings. The van der Waals surface area contributed by atoms with Gasteiger partial charge in [-0.2, -0.15) is 0 Å². The van der Waals surface area contributed by atoms with E-state index < -0.39 is 11.8 Å². The van der Waals surface area contributed by atoms with Gasteiger partial charge in [-0.3, -0.25) is 0 Å². The van der Waals surface area contributed by atoms with Gasteiger partial charge >= 0.3 is 5.97 Å². The van der Waals surface area contributed by atoms with Gasteiger partial charge in [-0.25, -0.2) is 13.9 Å². The van der Waals surface area contributed by atoms with E-state index in [0.29, 0.717) is 24.5 Å². The number of esters is 1. The lowest BCUT2D eigenvalue weighted by Crippen LogP contribution is -2.24. The van der Waals surface area contributed by atoms with Crippen molar-refractivity contribution < 1.29 is 13.9 Å². The van der Waals surface area contributed by atoms with Gasteiger partial charge in [0, 0.05) is 25.3 Å². The van der Waals surface area contributed by atoms with Gasteiger partial charge in [0.25, 0.3) is 0 Å². The molecule has 0 bridgehead atoms. The Morgan fingerprint density at radius 3 is 2.93 bits per heavy atom. The Hall–Kier alpha value is -2.35. The summed E-state index contributed by atoms with van der Waals surface area (Å²) in [7, 11) is 0. The van der Waals surface area contributed by atoms with Gasteiger partial charge in [0.15, 0.2) is 0 Å². The number of nitrogens with zero attached hydrogens (tertiary/aromatic N) is 4. The van der Waals surface area contributed by atoms with E-state index in [1.807, 2.05) is 4.90 Å². The van der Waals surface area contributed by atoms with E-state index >= 15 is 0 Å². The van der Waals surface area contributed by atoms with Crippen LogP contribution in [0.25, 0.3) is 0 Å². The quantitative estimate of drug-likeness (QED) is 0.759. The van der Waals surface area contributed by atoms with Crippen molar-refractivity contribution in [1.82, 2.24) is 15.0 Å². The third-order valence-electron chi connectivity index (χ3n) is 4.91. The number of rotatable bonds is 6. The third-order valence-corrected chi connectivity index (χ3v) is 5.28. The predicted octanol–water partition coefficient (Wildman–Crippen LogP) is 3.27. The van der Waals surface area contributed by atoms with Gasteiger partial charge < -0.3 is 15.0 Å². The molecule has 2 heterocycles. The van der Waals surface area contributed by atoms with E-state index in [9.17, 15) is 9.18 Å². The molecule has 0 spiro atoms. The van der Waals surface area contributed by atoms with Gasteiger partial charge in [0.2, 0.25) is 0 Å². The predicted molar refractivity (Wildman–Crippen MR) is 99.9 cm³/mol. The van der Waals surface area contributed by atoms with Crippen LogP contribution in [0, 0.1) is 5.82 Å². The summed E-state index contributed by atoms with van der Waals surface area (Å²) >= 11 is 6.60. The van der Waals surface area contributed by atoms with Gasteiger partial charge in [-0.05, 0) is 32.3 Å². The second-order valence-electron chi connectivity index (χ2n) is 6.85. The van der Waals surface area contributed by atoms with Crippen molar-refractivity contribution >= 4 is 28.9 Å². The molecule has 2 aromatic rings. The number of carbonyl (C=O) groups is 1. The highest BCUT2D eigenvalue weighted by Crippen LogP contribution is 2.42. The SMILES string of the molecule is CCOC(=O)c1cc(F)c(N2CC[C@@H](n3ccnn3)C2)c(Cl)c1NC1CC1. The van der Waals surface area contributed by atoms with Crippen molar-refractivity contribution in [2.75, 3.05) is 29.9 Å². The van der Waals surface area contributed by atoms with Crippen LogP contribution in [0.2, 0.25) is 5.02 Å². The summed E-state index contributed by atoms with van der Waals surface area (Å²) in [6.45, 7) is 3.14. The van der Waals surface area contributed by atoms with Gasteiger partial charge in [-0.1, -0.05) is 16.8 Å². The molecule has 1 saturated carbocycles. The molecule has 1 aliphatic heterocycles. The standard InChI is InChI=1S/C18H21ClFN5O2/c1-2-27-18(26)13-9-14(20)17(15(19)16(13)22-11-3-4-11)24-7-5-12(10-24)25-8-6-21-23-25/h6,8-9,11-12,22H,2-5,7,10H2,1H3/t12-/m1/s1. The number of ether oxygens (including phenoxy) is 1. The number of hydrogen-bond donors (Lipinski definition) is 1. The second-order valence-corrected chi connectivity index (χ2v) is 7.23. The molecule has 0 unspecified atom stereocenters. The Labute approximate surface area is 161 Å². The fraction of sp³-hybridized carbons (Fsp3) is 0.500. The first-order chi connectivity index (χ1) is 13.1. The van der Waals surface area contributed by atoms with Crippen LogP contribution in [0.5, 0.6) is 0 Å². The molecule has 1 N–H and O–H groups in total. The van der Waals surface area contributed by atoms with Crippen LogP contribution in [-0.2, 0) is 4.74 Å². The smallest absolute Gasteiger partial charge is 0.340 e. The maximum atomic E-state index is 15.0. The number of aromatic nitrogens is 3. The molecular weight excluding hydrogens is 373 g/mol. The summed E-state index contributed by atoms with van der Waals surface area (Å²) in [5, 5.41) is 11.4. The van der Waals surface area contributed by atoms with Crippen molar-refractivity contribution in [3.8, 4) is 0 Å². The molecule has 1 aromatic heterocycles. The van der Waals surface area contributed by atoms with Crippen LogP contribution in [0.3, 0.4) is 0 Å². The molecule has 27 heavy (non-hydrogen) atoms. The Balaban J connectivity index is 1.67. The number of nitrogens with one attached hydrogen (secondary N) is 1. The van der Waals surface area contributed by atoms with E-state index in [0.717, 1.165) is 19.3 Å². The van der Waals surface area contributed by atoms with Crippen molar-refractivity contribution in [1.29, 1.82) is 0 Å². The summed E-state index contributed by atoms with van der Waals surface area (Å²) in [6.07, 6.45) is 6.25. The number of carbonyl (C=O) groups excluding carboxylic acids is 1. The normalized spacial score (nSPS) is 19.4. The Morgan fingerprint density at radius 2 is 2.26 bits per heavy atom. The molecule has 1 atom stereocenters. The first kappa shape index (κ1) is 18.0. The fourth-order valence-corrected chi connectivity index (χ4v) is 3.78. The monoisotopic (exact) mass is 393 g/mol. The number of anilines is 2. The van der Waals surface area contributed by atoms with E-state index in [4.69, 9.17) is 16.3 Å². The van der Waals surface area contributed by atoms with Crippen molar-refractivity contribution in [2.24, 2.45) is 0 Å². The van der Waals surface area contributed by atoms with Crippen LogP contribution in [0.15, 0.2) is 18.5 Å². The van der Waals surface area contributed by atoms with E-state index in [1.165, 1.54) is 6.07 Å². The fourth-order valence-electron chi connectivity index (χ4n) is 3.41. The van der Waals surface area contributed by atoms with Crippen LogP contribution in [-0.4, -0.2) is 46.7 Å². The molecular formula is C18H21ClFN5O2. The van der Waals surface area contributed by atoms with Gasteiger partial charge in [-0.15, -0.1) is 5.10 Å². The lowest BCUT2D eigenvalue weighted by Gasteiger charge is -2.24. The van der Waals surface area contributed by atoms with E-state index in [-0.39, 0.29) is 29.3 Å². The molecule has 1 saturated heterocycles. The van der Waals surface area contributed by atoms with Crippen LogP contribution < -0.4 is 10.2 Å². The van der Waals surface area contributed by atoms with E-state index in [2.05, 4.69) is 15.6 Å². The zero-order valence-corrected chi connectivity index (χ0v) is 15.7. The molecule has 144 valence electrons. The molecule has 0 radical (unpaired) electrons. The first-order valence-corrected chi connectivity index (χ1v) is 9.52. The highest BCUT2D eigenvalue weighted by molar-refractivity contribution is 6.37. The number of benzene rings is 1. The average molecular weight is 394 g/mol. The van der Waals surface area contributed by atoms with E-state index in [1.54, 1.807) is 24.0 Å². The van der Waals surface area contributed by atoms with Crippen molar-refractivity contribution in [3.63, 3.8) is 0 Å². The number of hydrogen-bond acceptors (Lipinski definition) is 6. The zero-order valence-electron chi connectivity index (χ0n) is 15.0. The maximum absolute atomic E-state index is 15.0. The summed E-state index contributed by atoms with van der Waals surface area (Å²) < 4.78 is 21.8. The largest absolute Gasteiger partial charge is 0.462 e. The molecule has 7 nitrogen and oxygen atoms in total. The number of halogens is 2. The van der Waals surface area contributed by atoms with Crippen LogP contribution in [0.1, 0.15) is 42.6 Å². The third kappa shape index (κ3) is 3.58. The molecule has 9 heteroatoms. The minimum atomic E-state index is -0.574. The zero-order chi connectivity index (χ0) is 19.0. The molecule has 0 amide bonds. The lowest BCUT2D eigenvalue weighted by molar-refractivity contribution is 0.0527. The highest BCUT2D eigenvalue weighted by Gasteiger charge is 2.32. The summed E-state index contributed by atoms with van der Waals surface area (Å²) in [6, 6.07) is 1.59. The Morgan fingerprint density at radius 1 is 1.44 bits per heavy atom. The van der Waals surface area contributed by atoms with Crippen molar-refractivity contribution in [3.05, 3.63) is 34.9 Å². The second kappa shape index (κ2) is 7.34. The van der Waals surface area contributed by atoms with Crippen LogP contribution >= 0.6 is 11.6 Å². The lowest BCUT2D eigenvalue weighted by atomic mass is 10.1. The average Bonchev–Trinajstić information content (AvgIpc) is 3.10. The first-order valence-electron chi connectivity index (χ1n) is 9.15. The van der Waals surface area contributed by atoms with Gasteiger partial charge in [0.05, 0.1) is 40.8 Å². The van der Waals surface area contributed by atoms with Crippen molar-refractivity contribution in [2.45, 2.75) is 38.3 Å². The Kier molecular flexibility index (Phi) is 4.90. The molecule has 1 aromatic carbocycles. The topological polar surface area (TPSA) is 72.3 Å². The minimum Gasteiger partial charge on any atom is -0.462 e. The highest BCUT2D eigenvalue weighted by atomic mass is 35.5. The summed E-state index contributed by atoms with van der Waals surface area (Å²) in [5.41, 5.74) is 0.913. The molecule has 2 fully saturated rings. The minimum absolute atomic E-state index is 0.104. The van der Waals surface area contributed by atoms with Gasteiger partial charge in [0.1, 0.15) is 5.82 Å². The maximum Gasteiger partial charge on any atom is 0.340 e.